The standard InChI is InChI=1S/C19H21N5O3/c1-5-12-15(11(3)25)10(2)20-16(12)18(26)22-19-21-17(23-24-19)13-8-6-7-9-14(13)27-4/h6-9,20H,5H2,1-4H3,(H2,21,22,23,24,26). The average Bonchev–Trinajstić information content (AvgIpc) is 3.25. The SMILES string of the molecule is CCc1c(C(=O)Nc2n[nH]c(-c3ccccc3OC)n2)[nH]c(C)c1C(C)=O. The van der Waals surface area contributed by atoms with Crippen LogP contribution in [-0.2, 0) is 6.42 Å². The highest BCUT2D eigenvalue weighted by atomic mass is 16.5. The van der Waals surface area contributed by atoms with E-state index >= 15 is 0 Å². The van der Waals surface area contributed by atoms with Crippen LogP contribution in [0.2, 0.25) is 0 Å². The number of ether oxygens (including phenoxy) is 1. The second kappa shape index (κ2) is 7.45. The molecule has 2 aromatic heterocycles. The highest BCUT2D eigenvalue weighted by molar-refractivity contribution is 6.07. The van der Waals surface area contributed by atoms with Crippen molar-refractivity contribution in [2.45, 2.75) is 27.2 Å². The van der Waals surface area contributed by atoms with Crippen LogP contribution in [0.4, 0.5) is 5.95 Å². The number of Topliss-reactive ketones (excluding diaryl/α,β-unsaturated/α-hetero) is 1. The van der Waals surface area contributed by atoms with Crippen molar-refractivity contribution in [1.29, 1.82) is 0 Å². The number of methoxy groups -OCH3 is 1. The Morgan fingerprint density at radius 2 is 2.00 bits per heavy atom. The van der Waals surface area contributed by atoms with E-state index < -0.39 is 5.91 Å². The molecule has 0 aliphatic carbocycles. The van der Waals surface area contributed by atoms with Gasteiger partial charge in [0.15, 0.2) is 11.6 Å². The van der Waals surface area contributed by atoms with Crippen LogP contribution in [0.3, 0.4) is 0 Å². The zero-order valence-electron chi connectivity index (χ0n) is 15.6. The van der Waals surface area contributed by atoms with Crippen molar-refractivity contribution in [1.82, 2.24) is 20.2 Å². The molecule has 0 radical (unpaired) electrons. The number of aromatic nitrogens is 4. The van der Waals surface area contributed by atoms with E-state index in [1.807, 2.05) is 31.2 Å². The van der Waals surface area contributed by atoms with Crippen molar-refractivity contribution in [2.24, 2.45) is 0 Å². The summed E-state index contributed by atoms with van der Waals surface area (Å²) in [6.07, 6.45) is 0.558. The number of carbonyl (C=O) groups excluding carboxylic acids is 2. The topological polar surface area (TPSA) is 113 Å². The van der Waals surface area contributed by atoms with E-state index in [9.17, 15) is 9.59 Å². The number of nitrogens with zero attached hydrogens (tertiary/aromatic N) is 2. The molecule has 0 bridgehead atoms. The van der Waals surface area contributed by atoms with E-state index in [1.165, 1.54) is 6.92 Å². The van der Waals surface area contributed by atoms with Crippen LogP contribution in [0.15, 0.2) is 24.3 Å². The Balaban J connectivity index is 1.87. The number of rotatable bonds is 6. The third-order valence-electron chi connectivity index (χ3n) is 4.30. The molecule has 0 saturated heterocycles. The van der Waals surface area contributed by atoms with Gasteiger partial charge in [-0.25, -0.2) is 0 Å². The third-order valence-corrected chi connectivity index (χ3v) is 4.30. The second-order valence-corrected chi connectivity index (χ2v) is 6.05. The summed E-state index contributed by atoms with van der Waals surface area (Å²) in [7, 11) is 1.57. The molecule has 140 valence electrons. The number of hydrogen-bond acceptors (Lipinski definition) is 5. The predicted octanol–water partition coefficient (Wildman–Crippen LogP) is 3.13. The first-order valence-electron chi connectivity index (χ1n) is 8.55. The lowest BCUT2D eigenvalue weighted by atomic mass is 10.0. The number of nitrogens with one attached hydrogen (secondary N) is 3. The van der Waals surface area contributed by atoms with Crippen LogP contribution in [0.1, 0.15) is 46.0 Å². The number of H-pyrrole nitrogens is 2. The van der Waals surface area contributed by atoms with Gasteiger partial charge in [-0.2, -0.15) is 4.98 Å². The van der Waals surface area contributed by atoms with E-state index in [-0.39, 0.29) is 11.7 Å². The maximum atomic E-state index is 12.7. The van der Waals surface area contributed by atoms with Gasteiger partial charge < -0.3 is 9.72 Å². The zero-order valence-corrected chi connectivity index (χ0v) is 15.6. The maximum absolute atomic E-state index is 12.7. The van der Waals surface area contributed by atoms with Crippen molar-refractivity contribution < 1.29 is 14.3 Å². The molecule has 2 heterocycles. The summed E-state index contributed by atoms with van der Waals surface area (Å²) >= 11 is 0. The van der Waals surface area contributed by atoms with Crippen LogP contribution in [0, 0.1) is 6.92 Å². The molecule has 1 aromatic carbocycles. The molecule has 0 spiro atoms. The highest BCUT2D eigenvalue weighted by Crippen LogP contribution is 2.27. The van der Waals surface area contributed by atoms with Gasteiger partial charge in [0.1, 0.15) is 11.4 Å². The van der Waals surface area contributed by atoms with E-state index in [0.717, 1.165) is 5.56 Å². The van der Waals surface area contributed by atoms with E-state index in [4.69, 9.17) is 4.74 Å². The molecule has 0 atom stereocenters. The number of ketones is 1. The predicted molar refractivity (Wildman–Crippen MR) is 101 cm³/mol. The molecule has 3 rings (SSSR count). The minimum atomic E-state index is -0.395. The Morgan fingerprint density at radius 3 is 2.67 bits per heavy atom. The van der Waals surface area contributed by atoms with Gasteiger partial charge in [-0.15, -0.1) is 5.10 Å². The van der Waals surface area contributed by atoms with Gasteiger partial charge in [0.2, 0.25) is 5.95 Å². The lowest BCUT2D eigenvalue weighted by molar-refractivity contribution is 0.101. The first-order valence-corrected chi connectivity index (χ1v) is 8.55. The smallest absolute Gasteiger partial charge is 0.274 e. The second-order valence-electron chi connectivity index (χ2n) is 6.05. The van der Waals surface area contributed by atoms with Crippen LogP contribution in [-0.4, -0.2) is 39.0 Å². The number of hydrogen-bond donors (Lipinski definition) is 3. The fraction of sp³-hybridized carbons (Fsp3) is 0.263. The molecule has 0 unspecified atom stereocenters. The molecule has 1 amide bonds. The molecule has 0 fully saturated rings. The van der Waals surface area contributed by atoms with Gasteiger partial charge in [0.25, 0.3) is 5.91 Å². The Kier molecular flexibility index (Phi) is 5.07. The van der Waals surface area contributed by atoms with Crippen molar-refractivity contribution in [3.05, 3.63) is 46.8 Å². The normalized spacial score (nSPS) is 10.7. The molecular weight excluding hydrogens is 346 g/mol. The molecular formula is C19H21N5O3. The van der Waals surface area contributed by atoms with Crippen LogP contribution in [0.25, 0.3) is 11.4 Å². The van der Waals surface area contributed by atoms with Crippen molar-refractivity contribution in [3.63, 3.8) is 0 Å². The zero-order chi connectivity index (χ0) is 19.6. The lowest BCUT2D eigenvalue weighted by Gasteiger charge is -2.04. The fourth-order valence-corrected chi connectivity index (χ4v) is 3.14. The van der Waals surface area contributed by atoms with E-state index in [0.29, 0.717) is 40.5 Å². The minimum Gasteiger partial charge on any atom is -0.496 e. The largest absolute Gasteiger partial charge is 0.496 e. The van der Waals surface area contributed by atoms with Crippen molar-refractivity contribution >= 4 is 17.6 Å². The Bertz CT molecular complexity index is 1000. The molecule has 3 N–H and O–H groups in total. The first kappa shape index (κ1) is 18.4. The number of aryl methyl sites for hydroxylation is 1. The summed E-state index contributed by atoms with van der Waals surface area (Å²) in [6, 6.07) is 7.37. The summed E-state index contributed by atoms with van der Waals surface area (Å²) < 4.78 is 5.32. The summed E-state index contributed by atoms with van der Waals surface area (Å²) in [4.78, 5) is 31.9. The molecule has 27 heavy (non-hydrogen) atoms. The minimum absolute atomic E-state index is 0.0731. The highest BCUT2D eigenvalue weighted by Gasteiger charge is 2.22. The van der Waals surface area contributed by atoms with Gasteiger partial charge in [0.05, 0.1) is 12.7 Å². The van der Waals surface area contributed by atoms with Gasteiger partial charge in [-0.3, -0.25) is 20.0 Å². The molecule has 0 saturated carbocycles. The molecule has 8 nitrogen and oxygen atoms in total. The summed E-state index contributed by atoms with van der Waals surface area (Å²) in [5.74, 6) is 0.792. The number of amides is 1. The quantitative estimate of drug-likeness (QED) is 0.579. The van der Waals surface area contributed by atoms with Crippen LogP contribution in [0.5, 0.6) is 5.75 Å². The fourth-order valence-electron chi connectivity index (χ4n) is 3.14. The molecule has 8 heteroatoms. The van der Waals surface area contributed by atoms with Crippen LogP contribution < -0.4 is 10.1 Å². The molecule has 3 aromatic rings. The van der Waals surface area contributed by atoms with Crippen molar-refractivity contribution in [3.8, 4) is 17.1 Å². The molecule has 0 aliphatic rings. The number of benzene rings is 1. The van der Waals surface area contributed by atoms with E-state index in [1.54, 1.807) is 14.0 Å². The number of para-hydroxylation sites is 1. The Hall–Kier alpha value is -3.42. The summed E-state index contributed by atoms with van der Waals surface area (Å²) in [6.45, 7) is 5.17. The van der Waals surface area contributed by atoms with Crippen molar-refractivity contribution in [2.75, 3.05) is 12.4 Å². The average molecular weight is 367 g/mol. The lowest BCUT2D eigenvalue weighted by Crippen LogP contribution is -2.15. The monoisotopic (exact) mass is 367 g/mol. The number of anilines is 1. The first-order chi connectivity index (χ1) is 13.0. The third kappa shape index (κ3) is 3.46. The van der Waals surface area contributed by atoms with Gasteiger partial charge in [0, 0.05) is 11.3 Å². The summed E-state index contributed by atoms with van der Waals surface area (Å²) in [5, 5.41) is 9.51. The van der Waals surface area contributed by atoms with Crippen LogP contribution >= 0.6 is 0 Å². The summed E-state index contributed by atoms with van der Waals surface area (Å²) in [5.41, 5.74) is 3.01. The Labute approximate surface area is 156 Å². The van der Waals surface area contributed by atoms with Gasteiger partial charge >= 0.3 is 0 Å². The number of carbonyl (C=O) groups is 2. The van der Waals surface area contributed by atoms with Gasteiger partial charge in [-0.05, 0) is 38.0 Å². The Morgan fingerprint density at radius 1 is 1.26 bits per heavy atom. The van der Waals surface area contributed by atoms with E-state index in [2.05, 4.69) is 25.5 Å². The van der Waals surface area contributed by atoms with Gasteiger partial charge in [-0.1, -0.05) is 19.1 Å². The number of aromatic amines is 2. The maximum Gasteiger partial charge on any atom is 0.274 e. The molecule has 0 aliphatic heterocycles.